The molecule has 1 heterocycles. The summed E-state index contributed by atoms with van der Waals surface area (Å²) in [5, 5.41) is 0.425. The van der Waals surface area contributed by atoms with E-state index >= 15 is 0 Å². The van der Waals surface area contributed by atoms with Crippen molar-refractivity contribution in [2.45, 2.75) is 24.3 Å². The molecule has 0 radical (unpaired) electrons. The van der Waals surface area contributed by atoms with Gasteiger partial charge < -0.3 is 4.90 Å². The van der Waals surface area contributed by atoms with Crippen molar-refractivity contribution in [3.8, 4) is 0 Å². The molecule has 0 saturated carbocycles. The standard InChI is InChI=1S/C17H16ClFN2O3S/c1-11-10-13(4-7-15(11)19)21-9-8-16(17(21)22)20-25(23,24)14-5-2-12(18)3-6-14/h2-7,10,16,20H,8-9H2,1H3/t16-/m0/s1. The Morgan fingerprint density at radius 2 is 1.88 bits per heavy atom. The van der Waals surface area contributed by atoms with Crippen LogP contribution in [0.2, 0.25) is 5.02 Å². The lowest BCUT2D eigenvalue weighted by Crippen LogP contribution is -2.41. The molecule has 1 aliphatic rings. The molecule has 132 valence electrons. The van der Waals surface area contributed by atoms with Crippen LogP contribution in [-0.2, 0) is 14.8 Å². The van der Waals surface area contributed by atoms with E-state index in [9.17, 15) is 17.6 Å². The molecule has 0 aromatic heterocycles. The van der Waals surface area contributed by atoms with E-state index in [0.717, 1.165) is 0 Å². The molecular formula is C17H16ClFN2O3S. The van der Waals surface area contributed by atoms with Crippen molar-refractivity contribution in [3.63, 3.8) is 0 Å². The molecular weight excluding hydrogens is 367 g/mol. The van der Waals surface area contributed by atoms with Gasteiger partial charge in [0.1, 0.15) is 11.9 Å². The highest BCUT2D eigenvalue weighted by molar-refractivity contribution is 7.89. The monoisotopic (exact) mass is 382 g/mol. The summed E-state index contributed by atoms with van der Waals surface area (Å²) < 4.78 is 40.6. The summed E-state index contributed by atoms with van der Waals surface area (Å²) in [6.07, 6.45) is 0.335. The second kappa shape index (κ2) is 6.74. The zero-order valence-corrected chi connectivity index (χ0v) is 14.9. The van der Waals surface area contributed by atoms with Crippen molar-refractivity contribution in [1.29, 1.82) is 0 Å². The van der Waals surface area contributed by atoms with E-state index in [1.165, 1.54) is 41.3 Å². The van der Waals surface area contributed by atoms with Crippen LogP contribution < -0.4 is 9.62 Å². The molecule has 2 aromatic rings. The summed E-state index contributed by atoms with van der Waals surface area (Å²) in [6.45, 7) is 1.97. The van der Waals surface area contributed by atoms with Crippen molar-refractivity contribution in [2.75, 3.05) is 11.4 Å². The maximum Gasteiger partial charge on any atom is 0.245 e. The number of nitrogens with zero attached hydrogens (tertiary/aromatic N) is 1. The van der Waals surface area contributed by atoms with Crippen molar-refractivity contribution < 1.29 is 17.6 Å². The number of hydrogen-bond acceptors (Lipinski definition) is 3. The van der Waals surface area contributed by atoms with Crippen LogP contribution in [0.4, 0.5) is 10.1 Å². The lowest BCUT2D eigenvalue weighted by atomic mass is 10.2. The van der Waals surface area contributed by atoms with Gasteiger partial charge in [-0.1, -0.05) is 11.6 Å². The highest BCUT2D eigenvalue weighted by Crippen LogP contribution is 2.25. The molecule has 0 bridgehead atoms. The molecule has 1 fully saturated rings. The Balaban J connectivity index is 1.77. The van der Waals surface area contributed by atoms with Crippen LogP contribution >= 0.6 is 11.6 Å². The maximum atomic E-state index is 13.4. The van der Waals surface area contributed by atoms with Crippen LogP contribution in [0.25, 0.3) is 0 Å². The fourth-order valence-electron chi connectivity index (χ4n) is 2.71. The van der Waals surface area contributed by atoms with Gasteiger partial charge in [0.05, 0.1) is 4.90 Å². The number of amides is 1. The first-order valence-electron chi connectivity index (χ1n) is 7.63. The molecule has 25 heavy (non-hydrogen) atoms. The number of benzene rings is 2. The summed E-state index contributed by atoms with van der Waals surface area (Å²) in [7, 11) is -3.83. The zero-order valence-electron chi connectivity index (χ0n) is 13.4. The minimum atomic E-state index is -3.83. The maximum absolute atomic E-state index is 13.4. The predicted molar refractivity (Wildman–Crippen MR) is 93.7 cm³/mol. The number of sulfonamides is 1. The minimum absolute atomic E-state index is 0.0424. The Hall–Kier alpha value is -1.96. The van der Waals surface area contributed by atoms with Crippen molar-refractivity contribution in [1.82, 2.24) is 4.72 Å². The van der Waals surface area contributed by atoms with Gasteiger partial charge in [0.25, 0.3) is 0 Å². The number of carbonyl (C=O) groups excluding carboxylic acids is 1. The van der Waals surface area contributed by atoms with E-state index in [4.69, 9.17) is 11.6 Å². The van der Waals surface area contributed by atoms with E-state index in [1.807, 2.05) is 0 Å². The fraction of sp³-hybridized carbons (Fsp3) is 0.235. The number of hydrogen-bond donors (Lipinski definition) is 1. The van der Waals surface area contributed by atoms with Crippen LogP contribution in [0.5, 0.6) is 0 Å². The van der Waals surface area contributed by atoms with E-state index in [0.29, 0.717) is 29.2 Å². The largest absolute Gasteiger partial charge is 0.311 e. The van der Waals surface area contributed by atoms with Crippen molar-refractivity contribution in [2.24, 2.45) is 0 Å². The first kappa shape index (κ1) is 17.8. The number of nitrogens with one attached hydrogen (secondary N) is 1. The summed E-state index contributed by atoms with van der Waals surface area (Å²) in [6, 6.07) is 9.23. The lowest BCUT2D eigenvalue weighted by Gasteiger charge is -2.18. The Kier molecular flexibility index (Phi) is 4.81. The highest BCUT2D eigenvalue weighted by atomic mass is 35.5. The van der Waals surface area contributed by atoms with E-state index in [2.05, 4.69) is 4.72 Å². The molecule has 1 saturated heterocycles. The predicted octanol–water partition coefficient (Wildman–Crippen LogP) is 2.87. The smallest absolute Gasteiger partial charge is 0.245 e. The number of anilines is 1. The normalized spacial score (nSPS) is 18.0. The number of aryl methyl sites for hydroxylation is 1. The highest BCUT2D eigenvalue weighted by Gasteiger charge is 2.35. The average molecular weight is 383 g/mol. The third-order valence-corrected chi connectivity index (χ3v) is 5.82. The van der Waals surface area contributed by atoms with Gasteiger partial charge in [0.2, 0.25) is 15.9 Å². The molecule has 2 aromatic carbocycles. The van der Waals surface area contributed by atoms with Crippen LogP contribution in [0, 0.1) is 12.7 Å². The van der Waals surface area contributed by atoms with Crippen LogP contribution in [0.3, 0.4) is 0 Å². The van der Waals surface area contributed by atoms with Crippen LogP contribution in [-0.4, -0.2) is 26.9 Å². The molecule has 5 nitrogen and oxygen atoms in total. The lowest BCUT2D eigenvalue weighted by molar-refractivity contribution is -0.118. The minimum Gasteiger partial charge on any atom is -0.311 e. The molecule has 1 aliphatic heterocycles. The van der Waals surface area contributed by atoms with Gasteiger partial charge in [-0.05, 0) is 61.4 Å². The Morgan fingerprint density at radius 3 is 2.52 bits per heavy atom. The third kappa shape index (κ3) is 3.68. The average Bonchev–Trinajstić information content (AvgIpc) is 2.91. The van der Waals surface area contributed by atoms with Crippen molar-refractivity contribution >= 4 is 33.2 Å². The molecule has 3 rings (SSSR count). The second-order valence-corrected chi connectivity index (χ2v) is 7.99. The van der Waals surface area contributed by atoms with E-state index in [1.54, 1.807) is 13.0 Å². The summed E-state index contributed by atoms with van der Waals surface area (Å²) >= 11 is 5.76. The summed E-state index contributed by atoms with van der Waals surface area (Å²) in [5.41, 5.74) is 0.979. The van der Waals surface area contributed by atoms with Gasteiger partial charge >= 0.3 is 0 Å². The van der Waals surface area contributed by atoms with Gasteiger partial charge in [-0.25, -0.2) is 12.8 Å². The van der Waals surface area contributed by atoms with E-state index < -0.39 is 16.1 Å². The summed E-state index contributed by atoms with van der Waals surface area (Å²) in [4.78, 5) is 14.1. The number of rotatable bonds is 4. The molecule has 0 spiro atoms. The fourth-order valence-corrected chi connectivity index (χ4v) is 4.06. The first-order valence-corrected chi connectivity index (χ1v) is 9.49. The topological polar surface area (TPSA) is 66.5 Å². The molecule has 1 N–H and O–H groups in total. The zero-order chi connectivity index (χ0) is 18.2. The first-order chi connectivity index (χ1) is 11.8. The van der Waals surface area contributed by atoms with Crippen molar-refractivity contribution in [3.05, 3.63) is 58.9 Å². The molecule has 1 atom stereocenters. The Labute approximate surface area is 150 Å². The van der Waals surface area contributed by atoms with E-state index in [-0.39, 0.29) is 16.6 Å². The van der Waals surface area contributed by atoms with Gasteiger partial charge in [0.15, 0.2) is 0 Å². The Bertz CT molecular complexity index is 916. The number of halogens is 2. The van der Waals surface area contributed by atoms with Gasteiger partial charge in [-0.3, -0.25) is 4.79 Å². The third-order valence-electron chi connectivity index (χ3n) is 4.08. The molecule has 0 unspecified atom stereocenters. The molecule has 1 amide bonds. The SMILES string of the molecule is Cc1cc(N2CC[C@H](NS(=O)(=O)c3ccc(Cl)cc3)C2=O)ccc1F. The van der Waals surface area contributed by atoms with Crippen LogP contribution in [0.15, 0.2) is 47.4 Å². The summed E-state index contributed by atoms with van der Waals surface area (Å²) in [5.74, 6) is -0.709. The van der Waals surface area contributed by atoms with Gasteiger partial charge in [-0.15, -0.1) is 0 Å². The van der Waals surface area contributed by atoms with Crippen LogP contribution in [0.1, 0.15) is 12.0 Å². The number of carbonyl (C=O) groups is 1. The van der Waals surface area contributed by atoms with Gasteiger partial charge in [-0.2, -0.15) is 4.72 Å². The second-order valence-electron chi connectivity index (χ2n) is 5.84. The Morgan fingerprint density at radius 1 is 1.20 bits per heavy atom. The molecule has 0 aliphatic carbocycles. The quantitative estimate of drug-likeness (QED) is 0.884. The molecule has 8 heteroatoms. The van der Waals surface area contributed by atoms with Gasteiger partial charge in [0, 0.05) is 17.3 Å².